The lowest BCUT2D eigenvalue weighted by molar-refractivity contribution is -0.118. The zero-order chi connectivity index (χ0) is 25.7. The first kappa shape index (κ1) is 24.9. The van der Waals surface area contributed by atoms with Gasteiger partial charge >= 0.3 is 0 Å². The van der Waals surface area contributed by atoms with Crippen molar-refractivity contribution in [1.82, 2.24) is 9.97 Å². The molecule has 1 aromatic heterocycles. The first-order chi connectivity index (χ1) is 17.4. The monoisotopic (exact) mass is 505 g/mol. The van der Waals surface area contributed by atoms with Gasteiger partial charge in [0, 0.05) is 35.5 Å². The van der Waals surface area contributed by atoms with Crippen molar-refractivity contribution < 1.29 is 18.5 Å². The maximum Gasteiger partial charge on any atom is 0.226 e. The molecule has 0 spiro atoms. The number of amides is 1. The standard InChI is InChI=1S/C26H27N5O4S/c1-16(2)26(32)28-17-8-7-9-21(14-17)36(33)31-25-24(29-22-10-5-6-11-23(22)30-25)27-18-12-19(34-3)15-20(13-18)35-4/h5-16H,1-4H3,(H,27,29)(H,28,32)(H,30,31). The molecule has 0 fully saturated rings. The van der Waals surface area contributed by atoms with Crippen LogP contribution in [0.3, 0.4) is 0 Å². The highest BCUT2D eigenvalue weighted by Gasteiger charge is 2.15. The van der Waals surface area contributed by atoms with E-state index in [0.29, 0.717) is 50.4 Å². The number of nitrogens with zero attached hydrogens (tertiary/aromatic N) is 2. The second kappa shape index (κ2) is 11.0. The van der Waals surface area contributed by atoms with Gasteiger partial charge in [0.25, 0.3) is 0 Å². The number of hydrogen-bond acceptors (Lipinski definition) is 7. The summed E-state index contributed by atoms with van der Waals surface area (Å²) < 4.78 is 27.0. The van der Waals surface area contributed by atoms with E-state index in [1.54, 1.807) is 56.7 Å². The van der Waals surface area contributed by atoms with Crippen LogP contribution in [0.25, 0.3) is 11.0 Å². The van der Waals surface area contributed by atoms with Crippen molar-refractivity contribution in [1.29, 1.82) is 0 Å². The van der Waals surface area contributed by atoms with Gasteiger partial charge in [-0.1, -0.05) is 32.0 Å². The fraction of sp³-hybridized carbons (Fsp3) is 0.192. The zero-order valence-corrected chi connectivity index (χ0v) is 21.2. The van der Waals surface area contributed by atoms with Crippen LogP contribution in [-0.4, -0.2) is 34.3 Å². The van der Waals surface area contributed by atoms with Gasteiger partial charge in [0.2, 0.25) is 5.91 Å². The van der Waals surface area contributed by atoms with Crippen LogP contribution in [0.5, 0.6) is 11.5 Å². The molecule has 0 saturated heterocycles. The lowest BCUT2D eigenvalue weighted by Crippen LogP contribution is -2.18. The summed E-state index contributed by atoms with van der Waals surface area (Å²) in [5.74, 6) is 1.58. The minimum atomic E-state index is -1.69. The number of aromatic nitrogens is 2. The molecule has 9 nitrogen and oxygen atoms in total. The Hall–Kier alpha value is -4.18. The van der Waals surface area contributed by atoms with Crippen molar-refractivity contribution in [3.05, 3.63) is 66.7 Å². The number of ether oxygens (including phenoxy) is 2. The summed E-state index contributed by atoms with van der Waals surface area (Å²) in [4.78, 5) is 21.9. The van der Waals surface area contributed by atoms with Crippen LogP contribution in [0.1, 0.15) is 13.8 Å². The molecule has 0 aliphatic carbocycles. The second-order valence-corrected chi connectivity index (χ2v) is 9.39. The van der Waals surface area contributed by atoms with Crippen LogP contribution in [0.4, 0.5) is 23.0 Å². The van der Waals surface area contributed by atoms with Crippen LogP contribution in [0.2, 0.25) is 0 Å². The summed E-state index contributed by atoms with van der Waals surface area (Å²) in [6.45, 7) is 3.62. The van der Waals surface area contributed by atoms with E-state index in [9.17, 15) is 9.00 Å². The van der Waals surface area contributed by atoms with E-state index in [0.717, 1.165) is 0 Å². The molecule has 0 saturated carbocycles. The largest absolute Gasteiger partial charge is 0.497 e. The molecule has 1 amide bonds. The van der Waals surface area contributed by atoms with Crippen LogP contribution in [0.15, 0.2) is 71.6 Å². The summed E-state index contributed by atoms with van der Waals surface area (Å²) >= 11 is 0. The highest BCUT2D eigenvalue weighted by molar-refractivity contribution is 7.86. The Balaban J connectivity index is 1.67. The summed E-state index contributed by atoms with van der Waals surface area (Å²) in [5, 5.41) is 6.06. The predicted octanol–water partition coefficient (Wildman–Crippen LogP) is 5.12. The smallest absolute Gasteiger partial charge is 0.226 e. The quantitative estimate of drug-likeness (QED) is 0.289. The molecule has 0 aliphatic heterocycles. The van der Waals surface area contributed by atoms with E-state index < -0.39 is 11.0 Å². The molecular formula is C26H27N5O4S. The number of carbonyl (C=O) groups excluding carboxylic acids is 1. The number of hydrogen-bond donors (Lipinski definition) is 3. The first-order valence-corrected chi connectivity index (χ1v) is 12.4. The van der Waals surface area contributed by atoms with Gasteiger partial charge in [0.1, 0.15) is 11.5 Å². The van der Waals surface area contributed by atoms with Crippen LogP contribution >= 0.6 is 0 Å². The van der Waals surface area contributed by atoms with E-state index in [2.05, 4.69) is 20.3 Å². The Kier molecular flexibility index (Phi) is 7.65. The van der Waals surface area contributed by atoms with E-state index in [1.165, 1.54) is 0 Å². The van der Waals surface area contributed by atoms with E-state index in [4.69, 9.17) is 14.5 Å². The summed E-state index contributed by atoms with van der Waals surface area (Å²) in [6.07, 6.45) is 0. The topological polar surface area (TPSA) is 114 Å². The molecule has 4 rings (SSSR count). The summed E-state index contributed by atoms with van der Waals surface area (Å²) in [5.41, 5.74) is 2.53. The third-order valence-electron chi connectivity index (χ3n) is 5.21. The number of methoxy groups -OCH3 is 2. The number of anilines is 4. The van der Waals surface area contributed by atoms with E-state index in [1.807, 2.05) is 38.1 Å². The lowest BCUT2D eigenvalue weighted by atomic mass is 10.2. The maximum absolute atomic E-state index is 13.3. The second-order valence-electron chi connectivity index (χ2n) is 8.18. The minimum absolute atomic E-state index is 0.119. The Labute approximate surface area is 211 Å². The molecule has 4 aromatic rings. The molecule has 1 heterocycles. The number of benzene rings is 3. The molecule has 10 heteroatoms. The van der Waals surface area contributed by atoms with Crippen molar-refractivity contribution in [2.24, 2.45) is 5.92 Å². The van der Waals surface area contributed by atoms with Crippen molar-refractivity contribution in [3.8, 4) is 11.5 Å². The average Bonchev–Trinajstić information content (AvgIpc) is 2.88. The Morgan fingerprint density at radius 3 is 2.08 bits per heavy atom. The van der Waals surface area contributed by atoms with E-state index >= 15 is 0 Å². The maximum atomic E-state index is 13.3. The molecule has 0 aliphatic rings. The molecule has 3 N–H and O–H groups in total. The molecule has 3 aromatic carbocycles. The first-order valence-electron chi connectivity index (χ1n) is 11.2. The summed E-state index contributed by atoms with van der Waals surface area (Å²) in [6, 6.07) is 19.6. The van der Waals surface area contributed by atoms with Crippen LogP contribution < -0.4 is 24.8 Å². The van der Waals surface area contributed by atoms with Gasteiger partial charge in [-0.25, -0.2) is 14.2 Å². The van der Waals surface area contributed by atoms with Crippen LogP contribution in [-0.2, 0) is 15.8 Å². The number of rotatable bonds is 9. The molecule has 1 unspecified atom stereocenters. The molecule has 36 heavy (non-hydrogen) atoms. The third-order valence-corrected chi connectivity index (χ3v) is 6.27. The molecule has 1 atom stereocenters. The Morgan fingerprint density at radius 2 is 1.47 bits per heavy atom. The predicted molar refractivity (Wildman–Crippen MR) is 142 cm³/mol. The summed E-state index contributed by atoms with van der Waals surface area (Å²) in [7, 11) is 1.46. The highest BCUT2D eigenvalue weighted by atomic mass is 32.2. The van der Waals surface area contributed by atoms with Crippen LogP contribution in [0, 0.1) is 5.92 Å². The normalized spacial score (nSPS) is 11.7. The molecule has 0 radical (unpaired) electrons. The average molecular weight is 506 g/mol. The van der Waals surface area contributed by atoms with Crippen molar-refractivity contribution >= 4 is 50.9 Å². The highest BCUT2D eigenvalue weighted by Crippen LogP contribution is 2.31. The SMILES string of the molecule is COc1cc(Nc2nc3ccccc3nc2NS(=O)c2cccc(NC(=O)C(C)C)c2)cc(OC)c1. The fourth-order valence-electron chi connectivity index (χ4n) is 3.30. The zero-order valence-electron chi connectivity index (χ0n) is 20.4. The lowest BCUT2D eigenvalue weighted by Gasteiger charge is -2.15. The van der Waals surface area contributed by atoms with Crippen molar-refractivity contribution in [2.45, 2.75) is 18.7 Å². The third kappa shape index (κ3) is 5.89. The van der Waals surface area contributed by atoms with Gasteiger partial charge in [0.15, 0.2) is 22.6 Å². The molecule has 0 bridgehead atoms. The van der Waals surface area contributed by atoms with Gasteiger partial charge in [-0.05, 0) is 30.3 Å². The number of para-hydroxylation sites is 2. The van der Waals surface area contributed by atoms with Gasteiger partial charge in [-0.2, -0.15) is 0 Å². The number of fused-ring (bicyclic) bond motifs is 1. The minimum Gasteiger partial charge on any atom is -0.497 e. The van der Waals surface area contributed by atoms with Gasteiger partial charge in [-0.15, -0.1) is 0 Å². The Bertz CT molecular complexity index is 1400. The molecule has 186 valence electrons. The van der Waals surface area contributed by atoms with Gasteiger partial charge in [0.05, 0.1) is 30.1 Å². The van der Waals surface area contributed by atoms with Crippen molar-refractivity contribution in [3.63, 3.8) is 0 Å². The van der Waals surface area contributed by atoms with E-state index in [-0.39, 0.29) is 11.8 Å². The molecular weight excluding hydrogens is 478 g/mol. The Morgan fingerprint density at radius 1 is 0.833 bits per heavy atom. The number of carbonyl (C=O) groups is 1. The van der Waals surface area contributed by atoms with Gasteiger partial charge in [-0.3, -0.25) is 9.52 Å². The fourth-order valence-corrected chi connectivity index (χ4v) is 4.17. The number of nitrogens with one attached hydrogen (secondary N) is 3. The van der Waals surface area contributed by atoms with Crippen molar-refractivity contribution in [2.75, 3.05) is 29.6 Å². The van der Waals surface area contributed by atoms with Gasteiger partial charge < -0.3 is 20.1 Å².